The van der Waals surface area contributed by atoms with Gasteiger partial charge in [-0.1, -0.05) is 81.1 Å². The third-order valence-corrected chi connectivity index (χ3v) is 6.19. The molecule has 0 bridgehead atoms. The zero-order valence-corrected chi connectivity index (χ0v) is 16.9. The van der Waals surface area contributed by atoms with E-state index in [1.54, 1.807) is 0 Å². The van der Waals surface area contributed by atoms with Gasteiger partial charge in [-0.3, -0.25) is 0 Å². The molecule has 0 N–H and O–H groups in total. The minimum atomic E-state index is -0.855. The first-order valence-electron chi connectivity index (χ1n) is 9.52. The van der Waals surface area contributed by atoms with Gasteiger partial charge in [-0.05, 0) is 23.7 Å². The third-order valence-electron chi connectivity index (χ3n) is 6.19. The van der Waals surface area contributed by atoms with Crippen LogP contribution < -0.4 is 0 Å². The van der Waals surface area contributed by atoms with E-state index in [-0.39, 0.29) is 23.7 Å². The Morgan fingerprint density at radius 2 is 0.833 bits per heavy atom. The van der Waals surface area contributed by atoms with Crippen LogP contribution in [0.3, 0.4) is 0 Å². The number of azo groups is 1. The minimum Gasteiger partial charge on any atom is -0.196 e. The summed E-state index contributed by atoms with van der Waals surface area (Å²) in [6, 6.07) is 4.92. The molecule has 4 heteroatoms. The van der Waals surface area contributed by atoms with Gasteiger partial charge in [0.2, 0.25) is 0 Å². The van der Waals surface area contributed by atoms with Gasteiger partial charge in [0.1, 0.15) is 0 Å². The van der Waals surface area contributed by atoms with Gasteiger partial charge in [0, 0.05) is 0 Å². The van der Waals surface area contributed by atoms with Crippen LogP contribution in [0.4, 0.5) is 0 Å². The average Bonchev–Trinajstić information content (AvgIpc) is 2.63. The van der Waals surface area contributed by atoms with Crippen LogP contribution in [0.2, 0.25) is 0 Å². The van der Waals surface area contributed by atoms with Crippen LogP contribution in [0, 0.1) is 46.3 Å². The number of hydrogen-bond donors (Lipinski definition) is 0. The fraction of sp³-hybridized carbons (Fsp3) is 0.900. The Labute approximate surface area is 149 Å². The van der Waals surface area contributed by atoms with Crippen LogP contribution in [0.1, 0.15) is 81.1 Å². The highest BCUT2D eigenvalue weighted by Crippen LogP contribution is 2.39. The third kappa shape index (κ3) is 4.15. The molecule has 0 spiro atoms. The summed E-state index contributed by atoms with van der Waals surface area (Å²) >= 11 is 0. The molecule has 0 saturated heterocycles. The van der Waals surface area contributed by atoms with E-state index >= 15 is 0 Å². The second-order valence-electron chi connectivity index (χ2n) is 7.31. The monoisotopic (exact) mass is 332 g/mol. The van der Waals surface area contributed by atoms with Gasteiger partial charge in [-0.25, -0.2) is 0 Å². The largest absolute Gasteiger partial charge is 0.196 e. The fourth-order valence-corrected chi connectivity index (χ4v) is 3.26. The molecule has 0 fully saturated rings. The smallest absolute Gasteiger partial charge is 0.172 e. The SMILES string of the molecule is CCC(C)C(C#N)(N=NC(C#N)(C(C)CC)C(C)CC)C(C)CC. The summed E-state index contributed by atoms with van der Waals surface area (Å²) in [5, 5.41) is 29.2. The number of hydrogen-bond acceptors (Lipinski definition) is 4. The van der Waals surface area contributed by atoms with Crippen molar-refractivity contribution in [3.63, 3.8) is 0 Å². The number of nitriles is 2. The molecule has 0 heterocycles. The van der Waals surface area contributed by atoms with Crippen LogP contribution in [0.25, 0.3) is 0 Å². The molecule has 0 aliphatic rings. The van der Waals surface area contributed by atoms with E-state index in [4.69, 9.17) is 0 Å². The van der Waals surface area contributed by atoms with Gasteiger partial charge < -0.3 is 0 Å². The van der Waals surface area contributed by atoms with Crippen LogP contribution in [-0.4, -0.2) is 11.1 Å². The lowest BCUT2D eigenvalue weighted by atomic mass is 9.73. The molecule has 0 saturated carbocycles. The van der Waals surface area contributed by atoms with Crippen molar-refractivity contribution in [2.45, 2.75) is 92.2 Å². The summed E-state index contributed by atoms with van der Waals surface area (Å²) in [6.07, 6.45) is 3.46. The summed E-state index contributed by atoms with van der Waals surface area (Å²) in [5.74, 6) is 0.413. The maximum absolute atomic E-state index is 9.95. The number of rotatable bonds is 10. The fourth-order valence-electron chi connectivity index (χ4n) is 3.26. The van der Waals surface area contributed by atoms with Gasteiger partial charge in [0.05, 0.1) is 12.1 Å². The normalized spacial score (nSPS) is 21.8. The molecule has 0 radical (unpaired) electrons. The average molecular weight is 333 g/mol. The predicted octanol–water partition coefficient (Wildman–Crippen LogP) is 6.15. The minimum absolute atomic E-state index is 0.103. The summed E-state index contributed by atoms with van der Waals surface area (Å²) < 4.78 is 0. The Bertz CT molecular complexity index is 419. The quantitative estimate of drug-likeness (QED) is 0.450. The van der Waals surface area contributed by atoms with E-state index in [2.05, 4.69) is 77.8 Å². The van der Waals surface area contributed by atoms with E-state index < -0.39 is 11.1 Å². The van der Waals surface area contributed by atoms with E-state index in [1.165, 1.54) is 0 Å². The van der Waals surface area contributed by atoms with E-state index in [1.807, 2.05) is 0 Å². The Kier molecular flexibility index (Phi) is 9.20. The molecule has 0 aliphatic heterocycles. The summed E-state index contributed by atoms with van der Waals surface area (Å²) in [4.78, 5) is 0. The molecular weight excluding hydrogens is 296 g/mol. The van der Waals surface area contributed by atoms with Crippen LogP contribution in [-0.2, 0) is 0 Å². The lowest BCUT2D eigenvalue weighted by Crippen LogP contribution is -2.43. The van der Waals surface area contributed by atoms with Crippen molar-refractivity contribution >= 4 is 0 Å². The van der Waals surface area contributed by atoms with Crippen LogP contribution >= 0.6 is 0 Å². The van der Waals surface area contributed by atoms with Crippen LogP contribution in [0.5, 0.6) is 0 Å². The summed E-state index contributed by atoms with van der Waals surface area (Å²) in [7, 11) is 0. The van der Waals surface area contributed by atoms with Crippen molar-refractivity contribution < 1.29 is 0 Å². The van der Waals surface area contributed by atoms with Gasteiger partial charge in [-0.15, -0.1) is 0 Å². The molecular formula is C20H36N4. The summed E-state index contributed by atoms with van der Waals surface area (Å²) in [5.41, 5.74) is -1.71. The molecule has 4 nitrogen and oxygen atoms in total. The Morgan fingerprint density at radius 3 is 0.958 bits per heavy atom. The van der Waals surface area contributed by atoms with Crippen molar-refractivity contribution in [2.24, 2.45) is 33.9 Å². The highest BCUT2D eigenvalue weighted by Gasteiger charge is 2.45. The van der Waals surface area contributed by atoms with Crippen molar-refractivity contribution in [2.75, 3.05) is 0 Å². The topological polar surface area (TPSA) is 72.3 Å². The molecule has 0 aliphatic carbocycles. The van der Waals surface area contributed by atoms with Crippen molar-refractivity contribution in [1.29, 1.82) is 10.5 Å². The Morgan fingerprint density at radius 1 is 0.625 bits per heavy atom. The Balaban J connectivity index is 6.21. The highest BCUT2D eigenvalue weighted by molar-refractivity contribution is 5.16. The predicted molar refractivity (Wildman–Crippen MR) is 99.4 cm³/mol. The zero-order chi connectivity index (χ0) is 19.0. The first kappa shape index (κ1) is 22.6. The lowest BCUT2D eigenvalue weighted by Gasteiger charge is -2.36. The maximum Gasteiger partial charge on any atom is 0.172 e. The van der Waals surface area contributed by atoms with E-state index in [9.17, 15) is 10.5 Å². The molecule has 0 amide bonds. The molecule has 4 unspecified atom stereocenters. The highest BCUT2D eigenvalue weighted by atomic mass is 15.2. The van der Waals surface area contributed by atoms with Gasteiger partial charge in [-0.2, -0.15) is 20.8 Å². The van der Waals surface area contributed by atoms with E-state index in [0.717, 1.165) is 25.7 Å². The molecule has 0 aromatic carbocycles. The molecule has 4 atom stereocenters. The molecule has 0 aromatic heterocycles. The lowest BCUT2D eigenvalue weighted by molar-refractivity contribution is 0.202. The summed E-state index contributed by atoms with van der Waals surface area (Å²) in [6.45, 7) is 16.6. The van der Waals surface area contributed by atoms with Crippen molar-refractivity contribution in [3.8, 4) is 12.1 Å². The van der Waals surface area contributed by atoms with Crippen LogP contribution in [0.15, 0.2) is 10.2 Å². The second-order valence-corrected chi connectivity index (χ2v) is 7.31. The second kappa shape index (κ2) is 9.77. The first-order chi connectivity index (χ1) is 11.3. The molecule has 0 aromatic rings. The van der Waals surface area contributed by atoms with Crippen molar-refractivity contribution in [1.82, 2.24) is 0 Å². The zero-order valence-electron chi connectivity index (χ0n) is 16.9. The van der Waals surface area contributed by atoms with Gasteiger partial charge in [0.25, 0.3) is 0 Å². The molecule has 136 valence electrons. The Hall–Kier alpha value is -1.42. The number of nitrogens with zero attached hydrogens (tertiary/aromatic N) is 4. The first-order valence-corrected chi connectivity index (χ1v) is 9.52. The van der Waals surface area contributed by atoms with Gasteiger partial charge >= 0.3 is 0 Å². The van der Waals surface area contributed by atoms with E-state index in [0.29, 0.717) is 0 Å². The van der Waals surface area contributed by atoms with Crippen molar-refractivity contribution in [3.05, 3.63) is 0 Å². The standard InChI is InChI=1S/C20H36N4/c1-9-15(5)19(13-21,16(6)10-2)23-24-20(14-22,17(7)11-3)18(8)12-4/h15-18H,9-12H2,1-8H3. The molecule has 0 rings (SSSR count). The molecule has 24 heavy (non-hydrogen) atoms. The van der Waals surface area contributed by atoms with Gasteiger partial charge in [0.15, 0.2) is 11.1 Å². The maximum atomic E-state index is 9.95.